The van der Waals surface area contributed by atoms with Gasteiger partial charge in [-0.1, -0.05) is 30.3 Å². The van der Waals surface area contributed by atoms with Crippen molar-refractivity contribution < 1.29 is 14.6 Å². The lowest BCUT2D eigenvalue weighted by atomic mass is 10.1. The van der Waals surface area contributed by atoms with Gasteiger partial charge in [0.2, 0.25) is 0 Å². The average molecular weight is 321 g/mol. The molecular weight excluding hydrogens is 302 g/mol. The molecule has 3 N–H and O–H groups in total. The van der Waals surface area contributed by atoms with Gasteiger partial charge in [0.1, 0.15) is 0 Å². The Morgan fingerprint density at radius 1 is 1.41 bits per heavy atom. The molecule has 1 aromatic heterocycles. The summed E-state index contributed by atoms with van der Waals surface area (Å²) in [4.78, 5) is 15.5. The van der Waals surface area contributed by atoms with Crippen molar-refractivity contribution in [1.82, 2.24) is 10.3 Å². The molecule has 0 saturated carbocycles. The molecule has 118 valence electrons. The Balaban J connectivity index is 1.65. The molecule has 0 spiro atoms. The molecule has 1 heterocycles. The van der Waals surface area contributed by atoms with Gasteiger partial charge in [-0.05, 0) is 12.5 Å². The molecule has 0 radical (unpaired) electrons. The summed E-state index contributed by atoms with van der Waals surface area (Å²) in [6, 6.07) is 9.36. The van der Waals surface area contributed by atoms with Gasteiger partial charge < -0.3 is 15.2 Å². The highest BCUT2D eigenvalue weighted by Crippen LogP contribution is 2.15. The van der Waals surface area contributed by atoms with Gasteiger partial charge in [-0.3, -0.25) is 5.32 Å². The normalized spacial score (nSPS) is 13.4. The van der Waals surface area contributed by atoms with Crippen LogP contribution >= 0.6 is 11.3 Å². The molecule has 6 nitrogen and oxygen atoms in total. The topological polar surface area (TPSA) is 83.5 Å². The largest absolute Gasteiger partial charge is 0.389 e. The van der Waals surface area contributed by atoms with Gasteiger partial charge in [0, 0.05) is 18.1 Å². The van der Waals surface area contributed by atoms with Crippen LogP contribution in [0, 0.1) is 0 Å². The van der Waals surface area contributed by atoms with Gasteiger partial charge in [-0.25, -0.2) is 9.78 Å². The zero-order chi connectivity index (χ0) is 15.8. The fraction of sp³-hybridized carbons (Fsp3) is 0.333. The van der Waals surface area contributed by atoms with Crippen LogP contribution in [0.4, 0.5) is 9.93 Å². The molecule has 0 aliphatic rings. The van der Waals surface area contributed by atoms with Gasteiger partial charge >= 0.3 is 6.03 Å². The second-order valence-corrected chi connectivity index (χ2v) is 5.61. The maximum Gasteiger partial charge on any atom is 0.321 e. The third kappa shape index (κ3) is 5.44. The van der Waals surface area contributed by atoms with Crippen molar-refractivity contribution in [3.05, 3.63) is 47.5 Å². The van der Waals surface area contributed by atoms with Crippen molar-refractivity contribution in [2.45, 2.75) is 19.1 Å². The number of aromatic nitrogens is 1. The van der Waals surface area contributed by atoms with E-state index in [-0.39, 0.29) is 19.3 Å². The maximum atomic E-state index is 11.6. The molecule has 0 unspecified atom stereocenters. The number of carbonyl (C=O) groups is 1. The van der Waals surface area contributed by atoms with Crippen LogP contribution in [0.3, 0.4) is 0 Å². The van der Waals surface area contributed by atoms with Gasteiger partial charge in [0.15, 0.2) is 5.13 Å². The van der Waals surface area contributed by atoms with E-state index in [0.29, 0.717) is 5.13 Å². The summed E-state index contributed by atoms with van der Waals surface area (Å²) in [7, 11) is 0. The molecule has 0 fully saturated rings. The molecular formula is C15H19N3O3S. The minimum atomic E-state index is -0.770. The lowest BCUT2D eigenvalue weighted by Crippen LogP contribution is -2.37. The number of nitrogens with zero attached hydrogens (tertiary/aromatic N) is 1. The van der Waals surface area contributed by atoms with E-state index >= 15 is 0 Å². The van der Waals surface area contributed by atoms with E-state index < -0.39 is 12.1 Å². The average Bonchev–Trinajstić information content (AvgIpc) is 3.04. The molecule has 7 heteroatoms. The smallest absolute Gasteiger partial charge is 0.321 e. The standard InChI is InChI=1S/C15H19N3O3S/c1-11(12-5-3-2-4-6-12)21-10-13(19)9-17-14(20)18-15-16-7-8-22-15/h2-8,11,13,19H,9-10H2,1H3,(H2,16,17,18,20)/t11-,13+/m1/s1. The van der Waals surface area contributed by atoms with Crippen molar-refractivity contribution in [1.29, 1.82) is 0 Å². The van der Waals surface area contributed by atoms with Gasteiger partial charge in [0.05, 0.1) is 18.8 Å². The summed E-state index contributed by atoms with van der Waals surface area (Å²) < 4.78 is 5.60. The molecule has 0 aliphatic heterocycles. The fourth-order valence-corrected chi connectivity index (χ4v) is 2.30. The first-order valence-corrected chi connectivity index (χ1v) is 7.82. The highest BCUT2D eigenvalue weighted by Gasteiger charge is 2.11. The van der Waals surface area contributed by atoms with Gasteiger partial charge in [-0.15, -0.1) is 11.3 Å². The number of carbonyl (C=O) groups excluding carboxylic acids is 1. The van der Waals surface area contributed by atoms with Gasteiger partial charge in [-0.2, -0.15) is 0 Å². The summed E-state index contributed by atoms with van der Waals surface area (Å²) in [5.74, 6) is 0. The number of nitrogens with one attached hydrogen (secondary N) is 2. The van der Waals surface area contributed by atoms with Crippen LogP contribution in [0.15, 0.2) is 41.9 Å². The monoisotopic (exact) mass is 321 g/mol. The zero-order valence-electron chi connectivity index (χ0n) is 12.2. The second-order valence-electron chi connectivity index (χ2n) is 4.71. The minimum absolute atomic E-state index is 0.110. The molecule has 2 aromatic rings. The third-order valence-corrected chi connectivity index (χ3v) is 3.65. The van der Waals surface area contributed by atoms with Crippen LogP contribution in [0.25, 0.3) is 0 Å². The number of aliphatic hydroxyl groups is 1. The Hall–Kier alpha value is -1.96. The molecule has 0 saturated heterocycles. The number of amides is 2. The molecule has 2 amide bonds. The lowest BCUT2D eigenvalue weighted by molar-refractivity contribution is -0.000953. The van der Waals surface area contributed by atoms with Crippen LogP contribution in [-0.4, -0.2) is 35.4 Å². The highest BCUT2D eigenvalue weighted by molar-refractivity contribution is 7.13. The van der Waals surface area contributed by atoms with Crippen LogP contribution in [0.5, 0.6) is 0 Å². The van der Waals surface area contributed by atoms with Crippen molar-refractivity contribution in [2.75, 3.05) is 18.5 Å². The number of hydrogen-bond donors (Lipinski definition) is 3. The van der Waals surface area contributed by atoms with Crippen molar-refractivity contribution in [3.63, 3.8) is 0 Å². The first kappa shape index (κ1) is 16.4. The SMILES string of the molecule is C[C@@H](OC[C@@H](O)CNC(=O)Nc1nccs1)c1ccccc1. The van der Waals surface area contributed by atoms with E-state index in [1.807, 2.05) is 37.3 Å². The van der Waals surface area contributed by atoms with E-state index in [2.05, 4.69) is 15.6 Å². The zero-order valence-corrected chi connectivity index (χ0v) is 13.0. The lowest BCUT2D eigenvalue weighted by Gasteiger charge is -2.17. The summed E-state index contributed by atoms with van der Waals surface area (Å²) >= 11 is 1.33. The predicted molar refractivity (Wildman–Crippen MR) is 86.0 cm³/mol. The number of urea groups is 1. The van der Waals surface area contributed by atoms with E-state index in [1.165, 1.54) is 11.3 Å². The Labute approximate surface area is 133 Å². The van der Waals surface area contributed by atoms with Crippen molar-refractivity contribution in [2.24, 2.45) is 0 Å². The minimum Gasteiger partial charge on any atom is -0.389 e. The number of anilines is 1. The third-order valence-electron chi connectivity index (χ3n) is 2.96. The first-order valence-electron chi connectivity index (χ1n) is 6.94. The Morgan fingerprint density at radius 2 is 2.18 bits per heavy atom. The number of benzene rings is 1. The van der Waals surface area contributed by atoms with Crippen LogP contribution in [-0.2, 0) is 4.74 Å². The number of ether oxygens (including phenoxy) is 1. The Kier molecular flexibility index (Phi) is 6.32. The van der Waals surface area contributed by atoms with Crippen LogP contribution in [0.1, 0.15) is 18.6 Å². The molecule has 1 aromatic carbocycles. The quantitative estimate of drug-likeness (QED) is 0.731. The van der Waals surface area contributed by atoms with Crippen LogP contribution in [0.2, 0.25) is 0 Å². The summed E-state index contributed by atoms with van der Waals surface area (Å²) in [6.07, 6.45) is 0.724. The molecule has 2 atom stereocenters. The van der Waals surface area contributed by atoms with Crippen molar-refractivity contribution in [3.8, 4) is 0 Å². The summed E-state index contributed by atoms with van der Waals surface area (Å²) in [6.45, 7) is 2.18. The van der Waals surface area contributed by atoms with Gasteiger partial charge in [0.25, 0.3) is 0 Å². The Morgan fingerprint density at radius 3 is 2.86 bits per heavy atom. The van der Waals surface area contributed by atoms with Crippen LogP contribution < -0.4 is 10.6 Å². The molecule has 0 aliphatic carbocycles. The summed E-state index contributed by atoms with van der Waals surface area (Å²) in [5, 5.41) is 17.3. The van der Waals surface area contributed by atoms with E-state index in [9.17, 15) is 9.90 Å². The molecule has 22 heavy (non-hydrogen) atoms. The molecule has 2 rings (SSSR count). The summed E-state index contributed by atoms with van der Waals surface area (Å²) in [5.41, 5.74) is 1.05. The number of rotatable bonds is 7. The van der Waals surface area contributed by atoms with E-state index in [0.717, 1.165) is 5.56 Å². The predicted octanol–water partition coefficient (Wildman–Crippen LogP) is 2.40. The number of aliphatic hydroxyl groups excluding tert-OH is 1. The highest BCUT2D eigenvalue weighted by atomic mass is 32.1. The number of thiazole rings is 1. The maximum absolute atomic E-state index is 11.6. The first-order chi connectivity index (χ1) is 10.6. The second kappa shape index (κ2) is 8.47. The van der Waals surface area contributed by atoms with Crippen molar-refractivity contribution >= 4 is 22.5 Å². The molecule has 0 bridgehead atoms. The van der Waals surface area contributed by atoms with E-state index in [1.54, 1.807) is 11.6 Å². The fourth-order valence-electron chi connectivity index (χ4n) is 1.77. The number of hydrogen-bond acceptors (Lipinski definition) is 5. The van der Waals surface area contributed by atoms with E-state index in [4.69, 9.17) is 4.74 Å². The Bertz CT molecular complexity index is 563.